The molecule has 0 spiro atoms. The second kappa shape index (κ2) is 13.1. The van der Waals surface area contributed by atoms with Crippen molar-refractivity contribution in [3.63, 3.8) is 0 Å². The van der Waals surface area contributed by atoms with Gasteiger partial charge in [0.15, 0.2) is 18.5 Å². The molecule has 1 N–H and O–H groups in total. The number of carbonyl (C=O) groups excluding carboxylic acids is 5. The molecule has 9 heteroatoms. The molecule has 1 amide bonds. The molecule has 0 heterocycles. The minimum Gasteiger partial charge on any atom is -0.457 e. The van der Waals surface area contributed by atoms with Gasteiger partial charge < -0.3 is 14.8 Å². The summed E-state index contributed by atoms with van der Waals surface area (Å²) >= 11 is 5.78. The van der Waals surface area contributed by atoms with Crippen LogP contribution in [0.5, 0.6) is 0 Å². The van der Waals surface area contributed by atoms with Crippen molar-refractivity contribution >= 4 is 46.7 Å². The summed E-state index contributed by atoms with van der Waals surface area (Å²) in [5.74, 6) is -2.50. The third-order valence-corrected chi connectivity index (χ3v) is 5.45. The Hall–Kier alpha value is -4.30. The van der Waals surface area contributed by atoms with Crippen LogP contribution in [0.15, 0.2) is 78.9 Å². The number of Topliss-reactive ketones (excluding diaryl/α,β-unsaturated/α-hetero) is 2. The standard InChI is InChI=1S/C28H24ClNO7/c1-18(27(34)20-5-3-2-4-6-20)37-28(35)21-9-13-23(14-10-21)30-25(32)15-16-26(33)36-17-24(31)19-7-11-22(29)12-8-19/h2-14,18H,15-17H2,1H3,(H,30,32). The smallest absolute Gasteiger partial charge is 0.338 e. The Bertz CT molecular complexity index is 1270. The first-order valence-electron chi connectivity index (χ1n) is 11.4. The summed E-state index contributed by atoms with van der Waals surface area (Å²) in [5.41, 5.74) is 1.42. The minimum absolute atomic E-state index is 0.156. The van der Waals surface area contributed by atoms with Crippen LogP contribution in [-0.2, 0) is 19.1 Å². The number of amides is 1. The second-order valence-electron chi connectivity index (χ2n) is 7.99. The average Bonchev–Trinajstić information content (AvgIpc) is 2.91. The number of rotatable bonds is 11. The van der Waals surface area contributed by atoms with E-state index in [1.54, 1.807) is 42.5 Å². The quantitative estimate of drug-likeness (QED) is 0.281. The van der Waals surface area contributed by atoms with Crippen LogP contribution >= 0.6 is 11.6 Å². The Balaban J connectivity index is 1.41. The average molecular weight is 522 g/mol. The largest absolute Gasteiger partial charge is 0.457 e. The van der Waals surface area contributed by atoms with E-state index in [2.05, 4.69) is 5.32 Å². The molecule has 8 nitrogen and oxygen atoms in total. The zero-order valence-corrected chi connectivity index (χ0v) is 20.7. The molecule has 1 unspecified atom stereocenters. The maximum Gasteiger partial charge on any atom is 0.338 e. The highest BCUT2D eigenvalue weighted by Crippen LogP contribution is 2.14. The summed E-state index contributed by atoms with van der Waals surface area (Å²) < 4.78 is 10.2. The highest BCUT2D eigenvalue weighted by Gasteiger charge is 2.20. The highest BCUT2D eigenvalue weighted by atomic mass is 35.5. The molecule has 3 aromatic rings. The summed E-state index contributed by atoms with van der Waals surface area (Å²) in [6, 6.07) is 20.6. The van der Waals surface area contributed by atoms with Crippen LogP contribution in [0, 0.1) is 0 Å². The van der Waals surface area contributed by atoms with Crippen molar-refractivity contribution in [1.29, 1.82) is 0 Å². The lowest BCUT2D eigenvalue weighted by Crippen LogP contribution is -2.24. The number of halogens is 1. The van der Waals surface area contributed by atoms with Crippen molar-refractivity contribution in [2.75, 3.05) is 11.9 Å². The van der Waals surface area contributed by atoms with Crippen LogP contribution < -0.4 is 5.32 Å². The molecule has 0 aromatic heterocycles. The van der Waals surface area contributed by atoms with E-state index < -0.39 is 30.6 Å². The molecule has 0 saturated carbocycles. The minimum atomic E-state index is -0.962. The van der Waals surface area contributed by atoms with E-state index in [1.807, 2.05) is 0 Å². The Morgan fingerprint density at radius 2 is 1.41 bits per heavy atom. The van der Waals surface area contributed by atoms with Crippen molar-refractivity contribution < 1.29 is 33.4 Å². The fourth-order valence-electron chi connectivity index (χ4n) is 3.19. The van der Waals surface area contributed by atoms with E-state index in [9.17, 15) is 24.0 Å². The third-order valence-electron chi connectivity index (χ3n) is 5.20. The van der Waals surface area contributed by atoms with Crippen LogP contribution in [-0.4, -0.2) is 42.1 Å². The van der Waals surface area contributed by atoms with Gasteiger partial charge in [0, 0.05) is 28.3 Å². The number of carbonyl (C=O) groups is 5. The van der Waals surface area contributed by atoms with Gasteiger partial charge in [0.2, 0.25) is 11.7 Å². The van der Waals surface area contributed by atoms with Gasteiger partial charge in [0.1, 0.15) is 0 Å². The van der Waals surface area contributed by atoms with E-state index in [4.69, 9.17) is 21.1 Å². The number of esters is 2. The lowest BCUT2D eigenvalue weighted by atomic mass is 10.1. The molecule has 3 rings (SSSR count). The van der Waals surface area contributed by atoms with E-state index in [-0.39, 0.29) is 30.0 Å². The summed E-state index contributed by atoms with van der Waals surface area (Å²) in [6.45, 7) is 1.07. The molecular weight excluding hydrogens is 498 g/mol. The van der Waals surface area contributed by atoms with Gasteiger partial charge in [-0.1, -0.05) is 41.9 Å². The maximum absolute atomic E-state index is 12.4. The summed E-state index contributed by atoms with van der Waals surface area (Å²) in [5, 5.41) is 3.09. The van der Waals surface area contributed by atoms with Crippen LogP contribution in [0.1, 0.15) is 50.8 Å². The summed E-state index contributed by atoms with van der Waals surface area (Å²) in [7, 11) is 0. The first-order valence-corrected chi connectivity index (χ1v) is 11.8. The van der Waals surface area contributed by atoms with Gasteiger partial charge >= 0.3 is 11.9 Å². The summed E-state index contributed by atoms with van der Waals surface area (Å²) in [6.07, 6.45) is -1.33. The lowest BCUT2D eigenvalue weighted by molar-refractivity contribution is -0.143. The SMILES string of the molecule is CC(OC(=O)c1ccc(NC(=O)CCC(=O)OCC(=O)c2ccc(Cl)cc2)cc1)C(=O)c1ccccc1. The van der Waals surface area contributed by atoms with Gasteiger partial charge in [-0.2, -0.15) is 0 Å². The Kier molecular flexibility index (Phi) is 9.69. The molecule has 0 bridgehead atoms. The second-order valence-corrected chi connectivity index (χ2v) is 8.43. The molecular formula is C28H24ClNO7. The molecule has 0 saturated heterocycles. The van der Waals surface area contributed by atoms with Gasteiger partial charge in [0.25, 0.3) is 0 Å². The van der Waals surface area contributed by atoms with Crippen molar-refractivity contribution in [3.8, 4) is 0 Å². The Labute approximate surface area is 218 Å². The van der Waals surface area contributed by atoms with Crippen molar-refractivity contribution in [3.05, 3.63) is 101 Å². The highest BCUT2D eigenvalue weighted by molar-refractivity contribution is 6.30. The van der Waals surface area contributed by atoms with Crippen LogP contribution in [0.3, 0.4) is 0 Å². The third kappa shape index (κ3) is 8.40. The number of anilines is 1. The fourth-order valence-corrected chi connectivity index (χ4v) is 3.31. The first kappa shape index (κ1) is 27.3. The summed E-state index contributed by atoms with van der Waals surface area (Å²) in [4.78, 5) is 60.8. The molecule has 37 heavy (non-hydrogen) atoms. The molecule has 0 aliphatic carbocycles. The Morgan fingerprint density at radius 3 is 2.05 bits per heavy atom. The van der Waals surface area contributed by atoms with Crippen LogP contribution in [0.4, 0.5) is 5.69 Å². The van der Waals surface area contributed by atoms with E-state index >= 15 is 0 Å². The fraction of sp³-hybridized carbons (Fsp3) is 0.179. The molecule has 0 aliphatic heterocycles. The maximum atomic E-state index is 12.4. The zero-order valence-electron chi connectivity index (χ0n) is 19.9. The van der Waals surface area contributed by atoms with Crippen molar-refractivity contribution in [2.45, 2.75) is 25.9 Å². The van der Waals surface area contributed by atoms with Gasteiger partial charge in [-0.15, -0.1) is 0 Å². The first-order chi connectivity index (χ1) is 17.7. The molecule has 0 aliphatic rings. The predicted molar refractivity (Wildman–Crippen MR) is 137 cm³/mol. The topological polar surface area (TPSA) is 116 Å². The van der Waals surface area contributed by atoms with E-state index in [0.29, 0.717) is 21.8 Å². The number of ether oxygens (including phenoxy) is 2. The molecule has 1 atom stereocenters. The number of ketones is 2. The van der Waals surface area contributed by atoms with Crippen molar-refractivity contribution in [2.24, 2.45) is 0 Å². The predicted octanol–water partition coefficient (Wildman–Crippen LogP) is 4.91. The van der Waals surface area contributed by atoms with E-state index in [1.165, 1.54) is 43.3 Å². The number of hydrogen-bond donors (Lipinski definition) is 1. The number of benzene rings is 3. The molecule has 0 radical (unpaired) electrons. The van der Waals surface area contributed by atoms with Crippen LogP contribution in [0.2, 0.25) is 5.02 Å². The van der Waals surface area contributed by atoms with Gasteiger partial charge in [-0.3, -0.25) is 19.2 Å². The van der Waals surface area contributed by atoms with Gasteiger partial charge in [-0.25, -0.2) is 4.79 Å². The zero-order chi connectivity index (χ0) is 26.8. The molecule has 3 aromatic carbocycles. The number of nitrogens with one attached hydrogen (secondary N) is 1. The van der Waals surface area contributed by atoms with E-state index in [0.717, 1.165) is 0 Å². The van der Waals surface area contributed by atoms with Gasteiger partial charge in [0.05, 0.1) is 12.0 Å². The molecule has 190 valence electrons. The lowest BCUT2D eigenvalue weighted by Gasteiger charge is -2.12. The monoisotopic (exact) mass is 521 g/mol. The van der Waals surface area contributed by atoms with Crippen LogP contribution in [0.25, 0.3) is 0 Å². The molecule has 0 fully saturated rings. The Morgan fingerprint density at radius 1 is 0.784 bits per heavy atom. The van der Waals surface area contributed by atoms with Gasteiger partial charge in [-0.05, 0) is 55.5 Å². The van der Waals surface area contributed by atoms with Crippen molar-refractivity contribution in [1.82, 2.24) is 0 Å². The normalized spacial score (nSPS) is 11.2. The number of hydrogen-bond acceptors (Lipinski definition) is 7.